The maximum Gasteiger partial charge on any atom is 0.410 e. The number of hydrogen-bond donors (Lipinski definition) is 1. The molecule has 11 nitrogen and oxygen atoms in total. The molecule has 1 amide bonds. The lowest BCUT2D eigenvalue weighted by molar-refractivity contribution is 0.0122. The van der Waals surface area contributed by atoms with Gasteiger partial charge in [-0.25, -0.2) is 14.2 Å². The third kappa shape index (κ3) is 5.51. The zero-order valence-corrected chi connectivity index (χ0v) is 26.5. The molecule has 7 rings (SSSR count). The average molecular weight is 645 g/mol. The van der Waals surface area contributed by atoms with Crippen LogP contribution >= 0.6 is 11.6 Å². The number of fused-ring (bicyclic) bond motifs is 4. The van der Waals surface area contributed by atoms with Gasteiger partial charge in [0.25, 0.3) is 0 Å². The largest absolute Gasteiger partial charge is 0.461 e. The van der Waals surface area contributed by atoms with E-state index in [0.29, 0.717) is 52.8 Å². The standard InChI is InChI=1S/C33H34ClFN8O3/c1-33(2,3)46-32(44)43-20-10-11-21(43)18-42(17-20)29-23-16-38-27(22-8-4-6-19-7-5-9-24(34)25(19)22)26(35)28(23)39-31(40-29)45-15-14-41-13-12-37-30(41)36/h4-9,12-13,16,20-21H,10-11,14-15,17-18H2,1-3H3,(H2,36,37). The minimum absolute atomic E-state index is 0.0232. The van der Waals surface area contributed by atoms with Crippen molar-refractivity contribution in [1.29, 1.82) is 0 Å². The number of pyridine rings is 1. The second kappa shape index (κ2) is 11.6. The van der Waals surface area contributed by atoms with E-state index in [-0.39, 0.29) is 42.0 Å². The molecule has 2 aliphatic heterocycles. The van der Waals surface area contributed by atoms with Crippen LogP contribution in [0.4, 0.5) is 21.0 Å². The Labute approximate surface area is 270 Å². The monoisotopic (exact) mass is 644 g/mol. The van der Waals surface area contributed by atoms with Gasteiger partial charge in [0.2, 0.25) is 0 Å². The van der Waals surface area contributed by atoms with Crippen molar-refractivity contribution in [3.63, 3.8) is 0 Å². The summed E-state index contributed by atoms with van der Waals surface area (Å²) in [4.78, 5) is 35.0. The number of benzene rings is 2. The van der Waals surface area contributed by atoms with Crippen molar-refractivity contribution in [1.82, 2.24) is 29.4 Å². The first-order valence-corrected chi connectivity index (χ1v) is 15.6. The van der Waals surface area contributed by atoms with Crippen molar-refractivity contribution in [2.24, 2.45) is 0 Å². The van der Waals surface area contributed by atoms with Gasteiger partial charge in [-0.3, -0.25) is 9.88 Å². The number of halogens is 2. The molecule has 46 heavy (non-hydrogen) atoms. The Kier molecular flexibility index (Phi) is 7.54. The molecule has 0 saturated carbocycles. The third-order valence-corrected chi connectivity index (χ3v) is 8.76. The van der Waals surface area contributed by atoms with E-state index < -0.39 is 11.4 Å². The molecule has 3 aromatic heterocycles. The zero-order chi connectivity index (χ0) is 32.2. The van der Waals surface area contributed by atoms with Gasteiger partial charge >= 0.3 is 12.1 Å². The Hall–Kier alpha value is -4.71. The smallest absolute Gasteiger partial charge is 0.410 e. The van der Waals surface area contributed by atoms with Gasteiger partial charge in [-0.1, -0.05) is 41.9 Å². The Morgan fingerprint density at radius 3 is 2.52 bits per heavy atom. The van der Waals surface area contributed by atoms with Crippen LogP contribution in [0.15, 0.2) is 55.0 Å². The number of nitrogens with zero attached hydrogens (tertiary/aromatic N) is 7. The van der Waals surface area contributed by atoms with E-state index >= 15 is 4.39 Å². The van der Waals surface area contributed by atoms with Crippen LogP contribution in [0.2, 0.25) is 5.02 Å². The maximum atomic E-state index is 16.7. The SMILES string of the molecule is CC(C)(C)OC(=O)N1C2CCC1CN(c1nc(OCCn3ccnc3N)nc3c(F)c(-c4cccc5cccc(Cl)c45)ncc13)C2. The van der Waals surface area contributed by atoms with Crippen molar-refractivity contribution >= 4 is 51.1 Å². The molecule has 2 atom stereocenters. The fourth-order valence-electron chi connectivity index (χ4n) is 6.46. The maximum absolute atomic E-state index is 16.7. The lowest BCUT2D eigenvalue weighted by atomic mass is 10.0. The molecule has 5 heterocycles. The normalized spacial score (nSPS) is 18.0. The summed E-state index contributed by atoms with van der Waals surface area (Å²) in [7, 11) is 0. The Balaban J connectivity index is 1.28. The van der Waals surface area contributed by atoms with E-state index in [4.69, 9.17) is 31.8 Å². The second-order valence-corrected chi connectivity index (χ2v) is 13.1. The molecule has 2 aliphatic rings. The van der Waals surface area contributed by atoms with Gasteiger partial charge in [0.05, 0.1) is 24.0 Å². The van der Waals surface area contributed by atoms with Crippen LogP contribution in [0.3, 0.4) is 0 Å². The predicted octanol–water partition coefficient (Wildman–Crippen LogP) is 6.08. The summed E-state index contributed by atoms with van der Waals surface area (Å²) in [6.07, 6.45) is 6.31. The highest BCUT2D eigenvalue weighted by molar-refractivity contribution is 6.36. The van der Waals surface area contributed by atoms with Crippen LogP contribution in [0.1, 0.15) is 33.6 Å². The lowest BCUT2D eigenvalue weighted by Crippen LogP contribution is -2.57. The summed E-state index contributed by atoms with van der Waals surface area (Å²) >= 11 is 6.59. The predicted molar refractivity (Wildman–Crippen MR) is 174 cm³/mol. The Bertz CT molecular complexity index is 1940. The second-order valence-electron chi connectivity index (χ2n) is 12.7. The molecule has 238 valence electrons. The number of carbonyl (C=O) groups excluding carboxylic acids is 1. The summed E-state index contributed by atoms with van der Waals surface area (Å²) in [5, 5.41) is 2.52. The van der Waals surface area contributed by atoms with E-state index in [1.807, 2.05) is 49.9 Å². The number of imidazole rings is 1. The van der Waals surface area contributed by atoms with Gasteiger partial charge in [0.15, 0.2) is 11.8 Å². The van der Waals surface area contributed by atoms with Crippen molar-refractivity contribution in [3.8, 4) is 17.3 Å². The van der Waals surface area contributed by atoms with Gasteiger partial charge < -0.3 is 24.7 Å². The van der Waals surface area contributed by atoms with E-state index in [9.17, 15) is 4.79 Å². The molecule has 5 aromatic rings. The first kappa shape index (κ1) is 30.0. The number of hydrogen-bond acceptors (Lipinski definition) is 9. The zero-order valence-electron chi connectivity index (χ0n) is 25.8. The number of piperazine rings is 1. The highest BCUT2D eigenvalue weighted by atomic mass is 35.5. The molecular weight excluding hydrogens is 611 g/mol. The quantitative estimate of drug-likeness (QED) is 0.234. The number of ether oxygens (including phenoxy) is 2. The van der Waals surface area contributed by atoms with E-state index in [0.717, 1.165) is 18.2 Å². The minimum Gasteiger partial charge on any atom is -0.461 e. The van der Waals surface area contributed by atoms with Crippen molar-refractivity contribution in [2.45, 2.75) is 57.8 Å². The highest BCUT2D eigenvalue weighted by Gasteiger charge is 2.45. The van der Waals surface area contributed by atoms with Gasteiger partial charge in [-0.15, -0.1) is 0 Å². The summed E-state index contributed by atoms with van der Waals surface area (Å²) in [6, 6.07) is 11.0. The summed E-state index contributed by atoms with van der Waals surface area (Å²) < 4.78 is 30.1. The number of nitrogens with two attached hydrogens (primary N) is 1. The van der Waals surface area contributed by atoms with Crippen LogP contribution in [-0.2, 0) is 11.3 Å². The van der Waals surface area contributed by atoms with Gasteiger partial charge in [-0.2, -0.15) is 9.97 Å². The fourth-order valence-corrected chi connectivity index (χ4v) is 6.74. The Morgan fingerprint density at radius 1 is 1.09 bits per heavy atom. The van der Waals surface area contributed by atoms with Gasteiger partial charge in [-0.05, 0) is 45.1 Å². The van der Waals surface area contributed by atoms with Gasteiger partial charge in [0, 0.05) is 47.7 Å². The van der Waals surface area contributed by atoms with Gasteiger partial charge in [0.1, 0.15) is 29.2 Å². The molecular formula is C33H34ClFN8O3. The molecule has 2 N–H and O–H groups in total. The molecule has 2 bridgehead atoms. The number of aromatic nitrogens is 5. The number of nitrogen functional groups attached to an aromatic ring is 1. The molecule has 0 spiro atoms. The van der Waals surface area contributed by atoms with E-state index in [1.54, 1.807) is 35.3 Å². The molecule has 2 aromatic carbocycles. The first-order chi connectivity index (χ1) is 22.1. The average Bonchev–Trinajstić information content (AvgIpc) is 3.54. The van der Waals surface area contributed by atoms with Crippen molar-refractivity contribution in [3.05, 3.63) is 65.8 Å². The molecule has 0 radical (unpaired) electrons. The summed E-state index contributed by atoms with van der Waals surface area (Å²) in [5.41, 5.74) is 6.08. The van der Waals surface area contributed by atoms with E-state index in [2.05, 4.69) is 19.9 Å². The number of rotatable bonds is 6. The van der Waals surface area contributed by atoms with Crippen LogP contribution in [0, 0.1) is 5.82 Å². The van der Waals surface area contributed by atoms with Crippen LogP contribution in [0.5, 0.6) is 6.01 Å². The summed E-state index contributed by atoms with van der Waals surface area (Å²) in [5.74, 6) is 0.252. The first-order valence-electron chi connectivity index (χ1n) is 15.3. The minimum atomic E-state index is -0.604. The lowest BCUT2D eigenvalue weighted by Gasteiger charge is -2.42. The third-order valence-electron chi connectivity index (χ3n) is 8.45. The van der Waals surface area contributed by atoms with Crippen molar-refractivity contribution in [2.75, 3.05) is 30.3 Å². The number of carbonyl (C=O) groups is 1. The molecule has 2 fully saturated rings. The topological polar surface area (TPSA) is 125 Å². The fraction of sp³-hybridized carbons (Fsp3) is 0.364. The molecule has 2 saturated heterocycles. The highest BCUT2D eigenvalue weighted by Crippen LogP contribution is 2.39. The van der Waals surface area contributed by atoms with Crippen LogP contribution in [0.25, 0.3) is 32.9 Å². The Morgan fingerprint density at radius 2 is 1.83 bits per heavy atom. The number of anilines is 2. The molecule has 2 unspecified atom stereocenters. The van der Waals surface area contributed by atoms with Crippen LogP contribution < -0.4 is 15.4 Å². The number of amides is 1. The molecule has 0 aliphatic carbocycles. The molecule has 13 heteroatoms. The van der Waals surface area contributed by atoms with Crippen LogP contribution in [-0.4, -0.2) is 72.9 Å². The summed E-state index contributed by atoms with van der Waals surface area (Å²) in [6.45, 7) is 7.16. The van der Waals surface area contributed by atoms with E-state index in [1.165, 1.54) is 0 Å². The van der Waals surface area contributed by atoms with Crippen molar-refractivity contribution < 1.29 is 18.7 Å².